The second-order valence-electron chi connectivity index (χ2n) is 10.7. The third kappa shape index (κ3) is 6.71. The summed E-state index contributed by atoms with van der Waals surface area (Å²) in [5.41, 5.74) is 5.61. The second kappa shape index (κ2) is 12.2. The lowest BCUT2D eigenvalue weighted by atomic mass is 9.93. The molecule has 1 fully saturated rings. The topological polar surface area (TPSA) is 125 Å². The minimum atomic E-state index is -4.15. The molecule has 212 valence electrons. The Labute approximate surface area is 236 Å². The van der Waals surface area contributed by atoms with Crippen LogP contribution in [0.2, 0.25) is 0 Å². The van der Waals surface area contributed by atoms with E-state index >= 15 is 0 Å². The van der Waals surface area contributed by atoms with E-state index in [1.807, 2.05) is 50.2 Å². The fourth-order valence-electron chi connectivity index (χ4n) is 5.68. The number of amides is 2. The van der Waals surface area contributed by atoms with Gasteiger partial charge in [0.1, 0.15) is 6.04 Å². The number of aliphatic carboxylic acids is 1. The highest BCUT2D eigenvalue weighted by Gasteiger charge is 2.29. The third-order valence-electron chi connectivity index (χ3n) is 7.46. The first kappa shape index (κ1) is 29.3. The average molecular weight is 564 g/mol. The van der Waals surface area contributed by atoms with E-state index in [1.165, 1.54) is 0 Å². The minimum absolute atomic E-state index is 0.0780. The van der Waals surface area contributed by atoms with Crippen LogP contribution in [0.5, 0.6) is 0 Å². The van der Waals surface area contributed by atoms with E-state index in [9.17, 15) is 23.1 Å². The van der Waals surface area contributed by atoms with Gasteiger partial charge in [0.2, 0.25) is 10.0 Å². The summed E-state index contributed by atoms with van der Waals surface area (Å²) in [5, 5.41) is 16.0. The van der Waals surface area contributed by atoms with Crippen molar-refractivity contribution >= 4 is 27.7 Å². The van der Waals surface area contributed by atoms with E-state index in [0.29, 0.717) is 22.4 Å². The summed E-state index contributed by atoms with van der Waals surface area (Å²) in [6.45, 7) is 7.14. The van der Waals surface area contributed by atoms with Crippen LogP contribution < -0.4 is 15.4 Å². The van der Waals surface area contributed by atoms with E-state index < -0.39 is 22.0 Å². The van der Waals surface area contributed by atoms with Crippen LogP contribution in [0.1, 0.15) is 53.5 Å². The van der Waals surface area contributed by atoms with Gasteiger partial charge in [-0.05, 0) is 73.9 Å². The zero-order chi connectivity index (χ0) is 29.0. The Morgan fingerprint density at radius 1 is 0.950 bits per heavy atom. The van der Waals surface area contributed by atoms with E-state index in [0.717, 1.165) is 47.9 Å². The molecule has 3 aromatic rings. The van der Waals surface area contributed by atoms with E-state index in [4.69, 9.17) is 0 Å². The Balaban J connectivity index is 1.69. The Hall–Kier alpha value is -3.69. The van der Waals surface area contributed by atoms with Gasteiger partial charge in [-0.15, -0.1) is 0 Å². The lowest BCUT2D eigenvalue weighted by Crippen LogP contribution is -2.43. The zero-order valence-corrected chi connectivity index (χ0v) is 24.2. The van der Waals surface area contributed by atoms with Gasteiger partial charge in [0, 0.05) is 18.2 Å². The Morgan fingerprint density at radius 3 is 2.17 bits per heavy atom. The minimum Gasteiger partial charge on any atom is -0.480 e. The van der Waals surface area contributed by atoms with Gasteiger partial charge >= 0.3 is 12.0 Å². The molecule has 1 atom stereocenters. The maximum atomic E-state index is 13.4. The number of carbonyl (C=O) groups excluding carboxylic acids is 1. The van der Waals surface area contributed by atoms with E-state index in [1.54, 1.807) is 32.0 Å². The van der Waals surface area contributed by atoms with Gasteiger partial charge in [-0.1, -0.05) is 73.0 Å². The molecule has 40 heavy (non-hydrogen) atoms. The molecule has 3 aromatic carbocycles. The number of carbonyl (C=O) groups is 2. The molecule has 9 heteroatoms. The molecular formula is C31H37N3O5S. The van der Waals surface area contributed by atoms with Gasteiger partial charge in [0.25, 0.3) is 0 Å². The highest BCUT2D eigenvalue weighted by Crippen LogP contribution is 2.33. The number of aryl methyl sites for hydroxylation is 3. The molecule has 0 bridgehead atoms. The molecule has 4 rings (SSSR count). The molecule has 1 saturated carbocycles. The van der Waals surface area contributed by atoms with Crippen LogP contribution in [-0.4, -0.2) is 37.6 Å². The SMILES string of the molecule is Cc1cc(C)c(S(=O)(=O)NC(Cc2ccc(-c3ccccc3)c(C)c2NC(=O)NC2CCCC2)C(=O)O)c(C)c1. The van der Waals surface area contributed by atoms with Gasteiger partial charge < -0.3 is 15.7 Å². The number of carboxylic acids is 1. The number of sulfonamides is 1. The Morgan fingerprint density at radius 2 is 1.57 bits per heavy atom. The van der Waals surface area contributed by atoms with Crippen molar-refractivity contribution in [2.24, 2.45) is 0 Å². The molecule has 0 aromatic heterocycles. The maximum Gasteiger partial charge on any atom is 0.322 e. The van der Waals surface area contributed by atoms with E-state index in [2.05, 4.69) is 15.4 Å². The molecule has 0 aliphatic heterocycles. The number of hydrogen-bond acceptors (Lipinski definition) is 4. The summed E-state index contributed by atoms with van der Waals surface area (Å²) in [7, 11) is -4.15. The van der Waals surface area contributed by atoms with Crippen molar-refractivity contribution in [1.29, 1.82) is 0 Å². The van der Waals surface area contributed by atoms with Gasteiger partial charge in [0.15, 0.2) is 0 Å². The quantitative estimate of drug-likeness (QED) is 0.269. The first-order chi connectivity index (χ1) is 19.0. The lowest BCUT2D eigenvalue weighted by Gasteiger charge is -2.22. The smallest absolute Gasteiger partial charge is 0.322 e. The number of rotatable bonds is 9. The predicted molar refractivity (Wildman–Crippen MR) is 157 cm³/mol. The van der Waals surface area contributed by atoms with Gasteiger partial charge in [-0.2, -0.15) is 4.72 Å². The molecule has 0 heterocycles. The van der Waals surface area contributed by atoms with Crippen molar-refractivity contribution in [2.45, 2.75) is 76.8 Å². The summed E-state index contributed by atoms with van der Waals surface area (Å²) < 4.78 is 29.2. The molecule has 0 spiro atoms. The average Bonchev–Trinajstić information content (AvgIpc) is 3.38. The Bertz CT molecular complexity index is 1490. The highest BCUT2D eigenvalue weighted by atomic mass is 32.2. The lowest BCUT2D eigenvalue weighted by molar-refractivity contribution is -0.138. The third-order valence-corrected chi connectivity index (χ3v) is 9.23. The van der Waals surface area contributed by atoms with Gasteiger partial charge in [0.05, 0.1) is 4.90 Å². The van der Waals surface area contributed by atoms with Crippen molar-refractivity contribution in [3.05, 3.63) is 82.4 Å². The molecule has 1 aliphatic carbocycles. The van der Waals surface area contributed by atoms with Crippen molar-refractivity contribution in [3.8, 4) is 11.1 Å². The van der Waals surface area contributed by atoms with Crippen LogP contribution in [0, 0.1) is 27.7 Å². The number of carboxylic acid groups (broad SMARTS) is 1. The van der Waals surface area contributed by atoms with Crippen LogP contribution in [0.3, 0.4) is 0 Å². The van der Waals surface area contributed by atoms with Crippen LogP contribution in [-0.2, 0) is 21.2 Å². The molecule has 8 nitrogen and oxygen atoms in total. The number of urea groups is 1. The maximum absolute atomic E-state index is 13.4. The monoisotopic (exact) mass is 563 g/mol. The number of hydrogen-bond donors (Lipinski definition) is 4. The van der Waals surface area contributed by atoms with E-state index in [-0.39, 0.29) is 23.4 Å². The summed E-state index contributed by atoms with van der Waals surface area (Å²) in [5.74, 6) is -1.31. The molecule has 0 radical (unpaired) electrons. The molecule has 4 N–H and O–H groups in total. The molecule has 1 aliphatic rings. The molecule has 0 saturated heterocycles. The molecule has 2 amide bonds. The second-order valence-corrected chi connectivity index (χ2v) is 12.3. The van der Waals surface area contributed by atoms with Gasteiger partial charge in [-0.3, -0.25) is 4.79 Å². The fraction of sp³-hybridized carbons (Fsp3) is 0.355. The number of nitrogens with one attached hydrogen (secondary N) is 3. The van der Waals surface area contributed by atoms with Crippen molar-refractivity contribution in [2.75, 3.05) is 5.32 Å². The summed E-state index contributed by atoms with van der Waals surface area (Å²) in [4.78, 5) is 25.4. The first-order valence-electron chi connectivity index (χ1n) is 13.5. The fourth-order valence-corrected chi connectivity index (χ4v) is 7.33. The molecular weight excluding hydrogens is 526 g/mol. The van der Waals surface area contributed by atoms with Crippen molar-refractivity contribution in [3.63, 3.8) is 0 Å². The predicted octanol–water partition coefficient (Wildman–Crippen LogP) is 5.63. The summed E-state index contributed by atoms with van der Waals surface area (Å²) >= 11 is 0. The van der Waals surface area contributed by atoms with Crippen molar-refractivity contribution < 1.29 is 23.1 Å². The van der Waals surface area contributed by atoms with Gasteiger partial charge in [-0.25, -0.2) is 13.2 Å². The zero-order valence-electron chi connectivity index (χ0n) is 23.4. The number of anilines is 1. The summed E-state index contributed by atoms with van der Waals surface area (Å²) in [6.07, 6.45) is 3.82. The molecule has 1 unspecified atom stereocenters. The number of benzene rings is 3. The standard InChI is InChI=1S/C31H37N3O5S/c1-19-16-20(2)29(21(3)17-19)40(38,39)34-27(30(35)36)18-24-14-15-26(23-10-6-5-7-11-23)22(4)28(24)33-31(37)32-25-12-8-9-13-25/h5-7,10-11,14-17,25,27,34H,8-9,12-13,18H2,1-4H3,(H,35,36)(H2,32,33,37). The van der Waals surface area contributed by atoms with Crippen LogP contribution in [0.15, 0.2) is 59.5 Å². The van der Waals surface area contributed by atoms with Crippen LogP contribution in [0.4, 0.5) is 10.5 Å². The van der Waals surface area contributed by atoms with Crippen LogP contribution >= 0.6 is 0 Å². The van der Waals surface area contributed by atoms with Crippen LogP contribution in [0.25, 0.3) is 11.1 Å². The Kier molecular flexibility index (Phi) is 8.95. The summed E-state index contributed by atoms with van der Waals surface area (Å²) in [6, 6.07) is 15.1. The van der Waals surface area contributed by atoms with Crippen molar-refractivity contribution in [1.82, 2.24) is 10.0 Å². The highest BCUT2D eigenvalue weighted by molar-refractivity contribution is 7.89. The largest absolute Gasteiger partial charge is 0.480 e. The first-order valence-corrected chi connectivity index (χ1v) is 15.0. The normalized spacial score (nSPS) is 14.6.